The number of ether oxygens (including phenoxy) is 4. The van der Waals surface area contributed by atoms with Crippen LogP contribution >= 0.6 is 0 Å². The quantitative estimate of drug-likeness (QED) is 0.172. The van der Waals surface area contributed by atoms with Gasteiger partial charge in [0.1, 0.15) is 29.4 Å². The first-order valence-corrected chi connectivity index (χ1v) is 14.3. The van der Waals surface area contributed by atoms with Crippen LogP contribution in [0.15, 0.2) is 60.7 Å². The summed E-state index contributed by atoms with van der Waals surface area (Å²) in [5.74, 6) is -0.220. The normalized spacial score (nSPS) is 11.5. The number of rotatable bonds is 12. The summed E-state index contributed by atoms with van der Waals surface area (Å²) in [5.41, 5.74) is 2.38. The Hall–Kier alpha value is -4.11. The molecule has 232 valence electrons. The number of para-hydroxylation sites is 1. The maximum absolute atomic E-state index is 15.8. The van der Waals surface area contributed by atoms with Gasteiger partial charge in [0.05, 0.1) is 13.0 Å². The molecule has 0 aliphatic rings. The van der Waals surface area contributed by atoms with Crippen LogP contribution in [0.2, 0.25) is 0 Å². The highest BCUT2D eigenvalue weighted by atomic mass is 19.1. The summed E-state index contributed by atoms with van der Waals surface area (Å²) in [6.45, 7) is 12.0. The zero-order chi connectivity index (χ0) is 31.6. The zero-order valence-corrected chi connectivity index (χ0v) is 26.1. The summed E-state index contributed by atoms with van der Waals surface area (Å²) in [4.78, 5) is 24.6. The minimum absolute atomic E-state index is 0.0230. The van der Waals surface area contributed by atoms with Crippen LogP contribution in [0.25, 0.3) is 11.1 Å². The number of anilines is 1. The van der Waals surface area contributed by atoms with Crippen LogP contribution in [0.4, 0.5) is 14.9 Å². The smallest absolute Gasteiger partial charge is 0.407 e. The second-order valence-corrected chi connectivity index (χ2v) is 12.1. The molecule has 0 aromatic heterocycles. The van der Waals surface area contributed by atoms with E-state index >= 15 is 4.39 Å². The van der Waals surface area contributed by atoms with Crippen LogP contribution in [-0.4, -0.2) is 43.5 Å². The Labute approximate surface area is 253 Å². The van der Waals surface area contributed by atoms with Crippen molar-refractivity contribution in [1.29, 1.82) is 0 Å². The third-order valence-electron chi connectivity index (χ3n) is 5.96. The highest BCUT2D eigenvalue weighted by Crippen LogP contribution is 2.30. The number of alkyl carbamates (subject to hydrolysis) is 1. The van der Waals surface area contributed by atoms with E-state index in [2.05, 4.69) is 10.6 Å². The third-order valence-corrected chi connectivity index (χ3v) is 5.96. The molecular weight excluding hydrogens is 551 g/mol. The minimum atomic E-state index is -0.657. The van der Waals surface area contributed by atoms with Gasteiger partial charge in [0.25, 0.3) is 0 Å². The minimum Gasteiger partial charge on any atom is -0.489 e. The Morgan fingerprint density at radius 3 is 2.26 bits per heavy atom. The predicted octanol–water partition coefficient (Wildman–Crippen LogP) is 7.04. The second-order valence-electron chi connectivity index (χ2n) is 12.1. The van der Waals surface area contributed by atoms with Gasteiger partial charge < -0.3 is 29.6 Å². The largest absolute Gasteiger partial charge is 0.489 e. The van der Waals surface area contributed by atoms with Crippen molar-refractivity contribution in [2.24, 2.45) is 0 Å². The molecule has 0 aliphatic carbocycles. The lowest BCUT2D eigenvalue weighted by Crippen LogP contribution is -2.32. The van der Waals surface area contributed by atoms with Crippen molar-refractivity contribution in [3.8, 4) is 16.9 Å². The van der Waals surface area contributed by atoms with Crippen LogP contribution in [0.1, 0.15) is 58.2 Å². The Morgan fingerprint density at radius 2 is 1.56 bits per heavy atom. The summed E-state index contributed by atoms with van der Waals surface area (Å²) in [6, 6.07) is 18.1. The molecule has 0 aliphatic heterocycles. The van der Waals surface area contributed by atoms with Crippen molar-refractivity contribution in [2.75, 3.05) is 25.6 Å². The maximum atomic E-state index is 15.8. The summed E-state index contributed by atoms with van der Waals surface area (Å²) in [7, 11) is 1.62. The van der Waals surface area contributed by atoms with E-state index in [4.69, 9.17) is 18.9 Å². The molecule has 0 radical (unpaired) electrons. The van der Waals surface area contributed by atoms with E-state index in [1.165, 1.54) is 0 Å². The van der Waals surface area contributed by atoms with Gasteiger partial charge in [-0.25, -0.2) is 9.18 Å². The summed E-state index contributed by atoms with van der Waals surface area (Å²) in [6.07, 6.45) is -0.542. The molecule has 1 amide bonds. The van der Waals surface area contributed by atoms with Gasteiger partial charge in [0, 0.05) is 42.6 Å². The van der Waals surface area contributed by atoms with Crippen LogP contribution < -0.4 is 15.4 Å². The van der Waals surface area contributed by atoms with Crippen molar-refractivity contribution in [3.05, 3.63) is 83.2 Å². The van der Waals surface area contributed by atoms with E-state index in [0.29, 0.717) is 41.2 Å². The van der Waals surface area contributed by atoms with E-state index in [1.54, 1.807) is 46.1 Å². The van der Waals surface area contributed by atoms with E-state index in [0.717, 1.165) is 11.3 Å². The molecule has 2 N–H and O–H groups in total. The Morgan fingerprint density at radius 1 is 0.860 bits per heavy atom. The lowest BCUT2D eigenvalue weighted by Gasteiger charge is -2.20. The molecule has 0 bridgehead atoms. The van der Waals surface area contributed by atoms with Crippen molar-refractivity contribution < 1.29 is 32.9 Å². The zero-order valence-electron chi connectivity index (χ0n) is 26.1. The third kappa shape index (κ3) is 11.2. The summed E-state index contributed by atoms with van der Waals surface area (Å²) in [5, 5.41) is 5.93. The first-order chi connectivity index (χ1) is 20.2. The van der Waals surface area contributed by atoms with Crippen LogP contribution in [0.3, 0.4) is 0 Å². The Kier molecular flexibility index (Phi) is 11.5. The Bertz CT molecular complexity index is 1390. The van der Waals surface area contributed by atoms with Gasteiger partial charge >= 0.3 is 12.1 Å². The number of esters is 1. The van der Waals surface area contributed by atoms with Gasteiger partial charge in [-0.05, 0) is 76.9 Å². The van der Waals surface area contributed by atoms with E-state index in [9.17, 15) is 9.59 Å². The maximum Gasteiger partial charge on any atom is 0.407 e. The second kappa shape index (κ2) is 14.9. The standard InChI is InChI=1S/C34H43FN2O6/c1-33(2,3)42-30(38)20-24-11-8-9-14-29(24)41-22-23-17-26(19-27(18-23)36-15-16-40-7)28-13-10-12-25(31(28)35)21-37-32(39)43-34(4,5)6/h8-14,17-19,36H,15-16,20-22H2,1-7H3,(H,37,39). The first-order valence-electron chi connectivity index (χ1n) is 14.3. The van der Waals surface area contributed by atoms with Crippen molar-refractivity contribution in [1.82, 2.24) is 5.32 Å². The Balaban J connectivity index is 1.85. The molecule has 9 heteroatoms. The number of nitrogens with one attached hydrogen (secondary N) is 2. The average Bonchev–Trinajstić information content (AvgIpc) is 2.90. The number of carbonyl (C=O) groups excluding carboxylic acids is 2. The first kappa shape index (κ1) is 33.4. The number of benzene rings is 3. The van der Waals surface area contributed by atoms with E-state index < -0.39 is 23.1 Å². The van der Waals surface area contributed by atoms with Gasteiger partial charge in [0.15, 0.2) is 0 Å². The van der Waals surface area contributed by atoms with E-state index in [1.807, 2.05) is 63.2 Å². The monoisotopic (exact) mass is 594 g/mol. The van der Waals surface area contributed by atoms with Gasteiger partial charge in [0.2, 0.25) is 0 Å². The fourth-order valence-corrected chi connectivity index (χ4v) is 4.24. The molecule has 0 heterocycles. The average molecular weight is 595 g/mol. The molecule has 8 nitrogen and oxygen atoms in total. The number of halogens is 1. The van der Waals surface area contributed by atoms with Gasteiger partial charge in [-0.1, -0.05) is 36.4 Å². The lowest BCUT2D eigenvalue weighted by atomic mass is 9.99. The molecule has 3 aromatic rings. The highest BCUT2D eigenvalue weighted by molar-refractivity contribution is 5.74. The SMILES string of the molecule is COCCNc1cc(COc2ccccc2CC(=O)OC(C)(C)C)cc(-c2cccc(CNC(=O)OC(C)(C)C)c2F)c1. The number of hydrogen-bond acceptors (Lipinski definition) is 7. The van der Waals surface area contributed by atoms with E-state index in [-0.39, 0.29) is 25.5 Å². The predicted molar refractivity (Wildman–Crippen MR) is 166 cm³/mol. The molecule has 0 spiro atoms. The van der Waals surface area contributed by atoms with Gasteiger partial charge in [-0.15, -0.1) is 0 Å². The van der Waals surface area contributed by atoms with Crippen molar-refractivity contribution >= 4 is 17.7 Å². The number of amides is 1. The van der Waals surface area contributed by atoms with Crippen LogP contribution in [-0.2, 0) is 38.6 Å². The van der Waals surface area contributed by atoms with Crippen molar-refractivity contribution in [3.63, 3.8) is 0 Å². The molecule has 0 fully saturated rings. The molecule has 3 aromatic carbocycles. The van der Waals surface area contributed by atoms with Crippen LogP contribution in [0, 0.1) is 5.82 Å². The summed E-state index contributed by atoms with van der Waals surface area (Å²) >= 11 is 0. The molecule has 43 heavy (non-hydrogen) atoms. The van der Waals surface area contributed by atoms with Gasteiger partial charge in [-0.3, -0.25) is 4.79 Å². The molecule has 0 unspecified atom stereocenters. The molecule has 0 atom stereocenters. The summed E-state index contributed by atoms with van der Waals surface area (Å²) < 4.78 is 37.8. The number of hydrogen-bond donors (Lipinski definition) is 2. The molecule has 0 saturated carbocycles. The van der Waals surface area contributed by atoms with Gasteiger partial charge in [-0.2, -0.15) is 0 Å². The molecular formula is C34H43FN2O6. The number of methoxy groups -OCH3 is 1. The fraction of sp³-hybridized carbons (Fsp3) is 0.412. The van der Waals surface area contributed by atoms with Crippen molar-refractivity contribution in [2.45, 2.75) is 72.3 Å². The van der Waals surface area contributed by atoms with Crippen LogP contribution in [0.5, 0.6) is 5.75 Å². The molecule has 3 rings (SSSR count). The number of carbonyl (C=O) groups is 2. The topological polar surface area (TPSA) is 95.1 Å². The lowest BCUT2D eigenvalue weighted by molar-refractivity contribution is -0.153. The molecule has 0 saturated heterocycles. The fourth-order valence-electron chi connectivity index (χ4n) is 4.24. The highest BCUT2D eigenvalue weighted by Gasteiger charge is 2.19.